The van der Waals surface area contributed by atoms with Crippen LogP contribution in [0.1, 0.15) is 32.1 Å². The molecule has 2 aliphatic heterocycles. The molecular weight excluding hydrogens is 300 g/mol. The lowest BCUT2D eigenvalue weighted by molar-refractivity contribution is -0.156. The van der Waals surface area contributed by atoms with Crippen LogP contribution in [-0.4, -0.2) is 41.9 Å². The number of esters is 1. The first-order valence-corrected chi connectivity index (χ1v) is 7.77. The maximum absolute atomic E-state index is 12.6. The van der Waals surface area contributed by atoms with E-state index in [0.717, 1.165) is 4.90 Å². The van der Waals surface area contributed by atoms with Gasteiger partial charge in [0.25, 0.3) is 0 Å². The summed E-state index contributed by atoms with van der Waals surface area (Å²) in [6, 6.07) is 2.93. The second-order valence-corrected chi connectivity index (χ2v) is 5.92. The van der Waals surface area contributed by atoms with Gasteiger partial charge in [0.05, 0.1) is 30.7 Å². The van der Waals surface area contributed by atoms with Gasteiger partial charge in [0.15, 0.2) is 0 Å². The van der Waals surface area contributed by atoms with E-state index in [1.54, 1.807) is 19.1 Å². The van der Waals surface area contributed by atoms with E-state index >= 15 is 0 Å². The van der Waals surface area contributed by atoms with Gasteiger partial charge in [-0.1, -0.05) is 6.92 Å². The van der Waals surface area contributed by atoms with E-state index in [1.807, 2.05) is 6.92 Å². The Morgan fingerprint density at radius 2 is 2.13 bits per heavy atom. The summed E-state index contributed by atoms with van der Waals surface area (Å²) in [6.45, 7) is 3.73. The molecule has 0 bridgehead atoms. The summed E-state index contributed by atoms with van der Waals surface area (Å²) in [5, 5.41) is 3.19. The Morgan fingerprint density at radius 3 is 2.70 bits per heavy atom. The second-order valence-electron chi connectivity index (χ2n) is 5.92. The molecule has 1 N–H and O–H groups in total. The number of furan rings is 1. The Hall–Kier alpha value is -2.15. The van der Waals surface area contributed by atoms with Gasteiger partial charge >= 0.3 is 5.97 Å². The van der Waals surface area contributed by atoms with Crippen LogP contribution in [0.2, 0.25) is 0 Å². The lowest BCUT2D eigenvalue weighted by atomic mass is 9.78. The number of nitrogens with one attached hydrogen (secondary N) is 1. The molecule has 0 unspecified atom stereocenters. The maximum Gasteiger partial charge on any atom is 0.327 e. The minimum Gasteiger partial charge on any atom is -0.468 e. The molecule has 124 valence electrons. The molecule has 0 radical (unpaired) electrons. The molecule has 2 amide bonds. The van der Waals surface area contributed by atoms with Crippen molar-refractivity contribution in [1.29, 1.82) is 0 Å². The molecule has 3 rings (SSSR count). The third-order valence-corrected chi connectivity index (χ3v) is 4.92. The first-order valence-electron chi connectivity index (χ1n) is 7.77. The van der Waals surface area contributed by atoms with Gasteiger partial charge in [-0.25, -0.2) is 0 Å². The van der Waals surface area contributed by atoms with Crippen LogP contribution in [0.5, 0.6) is 0 Å². The lowest BCUT2D eigenvalue weighted by Gasteiger charge is -2.31. The highest BCUT2D eigenvalue weighted by Gasteiger charge is 2.68. The largest absolute Gasteiger partial charge is 0.468 e. The molecule has 7 heteroatoms. The van der Waals surface area contributed by atoms with Crippen LogP contribution in [0.15, 0.2) is 22.8 Å². The summed E-state index contributed by atoms with van der Waals surface area (Å²) in [7, 11) is 1.45. The summed E-state index contributed by atoms with van der Waals surface area (Å²) in [6.07, 6.45) is 1.85. The SMILES string of the molecule is CCOC(=O)[C@]1(CC)N[C@H](c2ccco2)[C@H]2C(=O)N(C)C(=O)[C@@H]21. The maximum atomic E-state index is 12.6. The van der Waals surface area contributed by atoms with Crippen LogP contribution >= 0.6 is 0 Å². The van der Waals surface area contributed by atoms with E-state index in [4.69, 9.17) is 9.15 Å². The summed E-state index contributed by atoms with van der Waals surface area (Å²) in [4.78, 5) is 38.9. The van der Waals surface area contributed by atoms with Crippen LogP contribution in [0.25, 0.3) is 0 Å². The van der Waals surface area contributed by atoms with Gasteiger partial charge in [0, 0.05) is 7.05 Å². The highest BCUT2D eigenvalue weighted by atomic mass is 16.5. The molecule has 1 aromatic rings. The Labute approximate surface area is 134 Å². The van der Waals surface area contributed by atoms with E-state index in [9.17, 15) is 14.4 Å². The number of fused-ring (bicyclic) bond motifs is 1. The Balaban J connectivity index is 2.10. The summed E-state index contributed by atoms with van der Waals surface area (Å²) in [5.41, 5.74) is -1.21. The van der Waals surface area contributed by atoms with Gasteiger partial charge in [0.2, 0.25) is 11.8 Å². The number of rotatable bonds is 4. The lowest BCUT2D eigenvalue weighted by Crippen LogP contribution is -2.55. The minimum absolute atomic E-state index is 0.211. The van der Waals surface area contributed by atoms with Crippen LogP contribution in [0.3, 0.4) is 0 Å². The van der Waals surface area contributed by atoms with E-state index in [-0.39, 0.29) is 18.4 Å². The van der Waals surface area contributed by atoms with Crippen LogP contribution in [0, 0.1) is 11.8 Å². The quantitative estimate of drug-likeness (QED) is 0.654. The van der Waals surface area contributed by atoms with Crippen LogP contribution in [-0.2, 0) is 19.1 Å². The number of hydrogen-bond donors (Lipinski definition) is 1. The average Bonchev–Trinajstić information content (AvgIpc) is 3.22. The third kappa shape index (κ3) is 2.03. The molecule has 2 saturated heterocycles. The van der Waals surface area contributed by atoms with Crippen molar-refractivity contribution in [2.45, 2.75) is 31.8 Å². The van der Waals surface area contributed by atoms with Gasteiger partial charge in [0.1, 0.15) is 11.3 Å². The zero-order chi connectivity index (χ0) is 16.8. The molecule has 2 aliphatic rings. The van der Waals surface area contributed by atoms with Crippen molar-refractivity contribution in [2.75, 3.05) is 13.7 Å². The van der Waals surface area contributed by atoms with E-state index in [0.29, 0.717) is 12.2 Å². The smallest absolute Gasteiger partial charge is 0.327 e. The fourth-order valence-corrected chi connectivity index (χ4v) is 3.77. The number of hydrogen-bond acceptors (Lipinski definition) is 6. The van der Waals surface area contributed by atoms with Gasteiger partial charge in [-0.2, -0.15) is 0 Å². The number of amides is 2. The zero-order valence-corrected chi connectivity index (χ0v) is 13.4. The van der Waals surface area contributed by atoms with E-state index in [2.05, 4.69) is 5.32 Å². The normalized spacial score (nSPS) is 33.2. The first kappa shape index (κ1) is 15.7. The van der Waals surface area contributed by atoms with Crippen molar-refractivity contribution >= 4 is 17.8 Å². The number of carbonyl (C=O) groups excluding carboxylic acids is 3. The molecule has 0 aromatic carbocycles. The number of nitrogens with zero attached hydrogens (tertiary/aromatic N) is 1. The van der Waals surface area contributed by atoms with E-state index < -0.39 is 29.4 Å². The highest BCUT2D eigenvalue weighted by molar-refractivity contribution is 6.09. The fraction of sp³-hybridized carbons (Fsp3) is 0.562. The predicted octanol–water partition coefficient (Wildman–Crippen LogP) is 0.867. The Kier molecular flexibility index (Phi) is 3.75. The summed E-state index contributed by atoms with van der Waals surface area (Å²) < 4.78 is 10.6. The monoisotopic (exact) mass is 320 g/mol. The van der Waals surface area contributed by atoms with Crippen LogP contribution < -0.4 is 5.32 Å². The zero-order valence-electron chi connectivity index (χ0n) is 13.4. The Bertz CT molecular complexity index is 641. The molecule has 4 atom stereocenters. The minimum atomic E-state index is -1.21. The molecule has 1 aromatic heterocycles. The topological polar surface area (TPSA) is 88.8 Å². The predicted molar refractivity (Wildman–Crippen MR) is 79.0 cm³/mol. The van der Waals surface area contributed by atoms with Crippen molar-refractivity contribution in [3.63, 3.8) is 0 Å². The standard InChI is InChI=1S/C16H20N2O5/c1-4-16(15(21)22-5-2)11-10(13(19)18(3)14(11)20)12(17-16)9-7-6-8-23-9/h6-8,10-12,17H,4-5H2,1-3H3/t10-,11+,12+,16+/m0/s1. The van der Waals surface area contributed by atoms with Gasteiger partial charge in [-0.15, -0.1) is 0 Å². The molecule has 7 nitrogen and oxygen atoms in total. The van der Waals surface area contributed by atoms with E-state index in [1.165, 1.54) is 13.3 Å². The fourth-order valence-electron chi connectivity index (χ4n) is 3.77. The molecule has 3 heterocycles. The summed E-state index contributed by atoms with van der Waals surface area (Å²) in [5.74, 6) is -2.05. The molecule has 23 heavy (non-hydrogen) atoms. The van der Waals surface area contributed by atoms with Crippen LogP contribution in [0.4, 0.5) is 0 Å². The first-order chi connectivity index (χ1) is 11.0. The molecule has 0 spiro atoms. The molecular formula is C16H20N2O5. The van der Waals surface area contributed by atoms with Crippen molar-refractivity contribution in [1.82, 2.24) is 10.2 Å². The number of likely N-dealkylation sites (tertiary alicyclic amines) is 1. The summed E-state index contributed by atoms with van der Waals surface area (Å²) >= 11 is 0. The number of carbonyl (C=O) groups is 3. The van der Waals surface area contributed by atoms with Crippen molar-refractivity contribution in [3.8, 4) is 0 Å². The van der Waals surface area contributed by atoms with Crippen molar-refractivity contribution in [2.24, 2.45) is 11.8 Å². The van der Waals surface area contributed by atoms with Crippen molar-refractivity contribution in [3.05, 3.63) is 24.2 Å². The number of imide groups is 1. The second kappa shape index (κ2) is 5.49. The average molecular weight is 320 g/mol. The molecule has 0 aliphatic carbocycles. The van der Waals surface area contributed by atoms with Crippen molar-refractivity contribution < 1.29 is 23.5 Å². The Morgan fingerprint density at radius 1 is 1.39 bits per heavy atom. The number of ether oxygens (including phenoxy) is 1. The highest BCUT2D eigenvalue weighted by Crippen LogP contribution is 2.50. The van der Waals surface area contributed by atoms with Gasteiger partial charge in [-0.05, 0) is 25.5 Å². The van der Waals surface area contributed by atoms with Gasteiger partial charge in [-0.3, -0.25) is 24.6 Å². The third-order valence-electron chi connectivity index (χ3n) is 4.92. The van der Waals surface area contributed by atoms with Gasteiger partial charge < -0.3 is 9.15 Å². The molecule has 2 fully saturated rings. The molecule has 0 saturated carbocycles.